The standard InChI is InChI=1S/C23H20FNO6/c1-12(2)3-10-19(31-23(30)25-14-6-4-13(24)5-7-14)15-11-18(28)20-16(26)8-9-17(27)21(20)22(15)29/h3-9,11,19,26-27H,10H2,1-2H3,(H,25,30)/t19-/m1/s1. The molecule has 0 radical (unpaired) electrons. The number of ketones is 2. The molecule has 0 aliphatic heterocycles. The van der Waals surface area contributed by atoms with Crippen molar-refractivity contribution in [2.45, 2.75) is 26.4 Å². The number of hydrogen-bond acceptors (Lipinski definition) is 6. The van der Waals surface area contributed by atoms with E-state index in [-0.39, 0.29) is 28.8 Å². The van der Waals surface area contributed by atoms with Gasteiger partial charge in [-0.3, -0.25) is 14.9 Å². The first-order valence-corrected chi connectivity index (χ1v) is 9.39. The van der Waals surface area contributed by atoms with E-state index >= 15 is 0 Å². The maximum atomic E-state index is 13.0. The van der Waals surface area contributed by atoms with Gasteiger partial charge in [0.1, 0.15) is 23.4 Å². The second-order valence-electron chi connectivity index (χ2n) is 7.19. The number of phenolic OH excluding ortho intramolecular Hbond substituents is 2. The first kappa shape index (κ1) is 21.8. The van der Waals surface area contributed by atoms with Gasteiger partial charge >= 0.3 is 6.09 Å². The Bertz CT molecular complexity index is 1110. The van der Waals surface area contributed by atoms with Gasteiger partial charge in [0.05, 0.1) is 11.1 Å². The van der Waals surface area contributed by atoms with E-state index in [1.54, 1.807) is 6.08 Å². The minimum atomic E-state index is -1.14. The normalized spacial score (nSPS) is 13.7. The van der Waals surface area contributed by atoms with Crippen molar-refractivity contribution in [1.29, 1.82) is 0 Å². The predicted octanol–water partition coefficient (Wildman–Crippen LogP) is 4.52. The van der Waals surface area contributed by atoms with Crippen molar-refractivity contribution < 1.29 is 33.7 Å². The number of phenols is 2. The van der Waals surface area contributed by atoms with Gasteiger partial charge in [-0.05, 0) is 56.3 Å². The largest absolute Gasteiger partial charge is 0.507 e. The average molecular weight is 425 g/mol. The van der Waals surface area contributed by atoms with Gasteiger partial charge in [0.25, 0.3) is 0 Å². The zero-order valence-corrected chi connectivity index (χ0v) is 16.8. The van der Waals surface area contributed by atoms with E-state index in [1.807, 2.05) is 13.8 Å². The summed E-state index contributed by atoms with van der Waals surface area (Å²) in [6.45, 7) is 3.63. The highest BCUT2D eigenvalue weighted by Crippen LogP contribution is 2.36. The van der Waals surface area contributed by atoms with Crippen LogP contribution >= 0.6 is 0 Å². The van der Waals surface area contributed by atoms with Crippen LogP contribution in [0.25, 0.3) is 0 Å². The molecule has 1 atom stereocenters. The molecule has 2 aromatic rings. The Morgan fingerprint density at radius 3 is 2.29 bits per heavy atom. The number of fused-ring (bicyclic) bond motifs is 1. The van der Waals surface area contributed by atoms with Crippen molar-refractivity contribution >= 4 is 23.3 Å². The molecule has 7 nitrogen and oxygen atoms in total. The Labute approximate surface area is 177 Å². The maximum absolute atomic E-state index is 13.0. The van der Waals surface area contributed by atoms with Crippen LogP contribution < -0.4 is 5.32 Å². The highest BCUT2D eigenvalue weighted by Gasteiger charge is 2.35. The third-order valence-electron chi connectivity index (χ3n) is 4.61. The molecular formula is C23H20FNO6. The van der Waals surface area contributed by atoms with Gasteiger partial charge in [-0.15, -0.1) is 0 Å². The molecule has 0 aromatic heterocycles. The van der Waals surface area contributed by atoms with Gasteiger partial charge in [-0.2, -0.15) is 0 Å². The molecule has 1 aliphatic carbocycles. The molecule has 3 rings (SSSR count). The minimum Gasteiger partial charge on any atom is -0.507 e. The molecule has 0 saturated carbocycles. The van der Waals surface area contributed by atoms with Crippen LogP contribution in [-0.4, -0.2) is 34.0 Å². The molecule has 0 spiro atoms. The second-order valence-corrected chi connectivity index (χ2v) is 7.19. The molecule has 0 bridgehead atoms. The lowest BCUT2D eigenvalue weighted by Crippen LogP contribution is -2.30. The van der Waals surface area contributed by atoms with E-state index in [4.69, 9.17) is 4.74 Å². The first-order valence-electron chi connectivity index (χ1n) is 9.39. The molecule has 31 heavy (non-hydrogen) atoms. The molecule has 0 unspecified atom stereocenters. The molecular weight excluding hydrogens is 405 g/mol. The quantitative estimate of drug-likeness (QED) is 0.480. The van der Waals surface area contributed by atoms with Crippen LogP contribution in [0.3, 0.4) is 0 Å². The van der Waals surface area contributed by atoms with Crippen LogP contribution in [0.1, 0.15) is 41.0 Å². The maximum Gasteiger partial charge on any atom is 0.412 e. The fraction of sp³-hybridized carbons (Fsp3) is 0.174. The van der Waals surface area contributed by atoms with Crippen molar-refractivity contribution in [3.05, 3.63) is 76.6 Å². The zero-order chi connectivity index (χ0) is 22.7. The third-order valence-corrected chi connectivity index (χ3v) is 4.61. The SMILES string of the molecule is CC(C)=CC[C@@H](OC(=O)Nc1ccc(F)cc1)C1=CC(=O)c2c(O)ccc(O)c2C1=O. The summed E-state index contributed by atoms with van der Waals surface area (Å²) in [5.74, 6) is -2.79. The lowest BCUT2D eigenvalue weighted by Gasteiger charge is -2.23. The molecule has 8 heteroatoms. The van der Waals surface area contributed by atoms with E-state index in [2.05, 4.69) is 5.32 Å². The monoisotopic (exact) mass is 425 g/mol. The number of amides is 1. The van der Waals surface area contributed by atoms with E-state index in [0.29, 0.717) is 0 Å². The van der Waals surface area contributed by atoms with Crippen LogP contribution in [-0.2, 0) is 4.74 Å². The number of anilines is 1. The summed E-state index contributed by atoms with van der Waals surface area (Å²) in [6, 6.07) is 7.23. The summed E-state index contributed by atoms with van der Waals surface area (Å²) in [7, 11) is 0. The molecule has 0 fully saturated rings. The van der Waals surface area contributed by atoms with E-state index in [1.165, 1.54) is 12.1 Å². The summed E-state index contributed by atoms with van der Waals surface area (Å²) in [5.41, 5.74) is 0.395. The third kappa shape index (κ3) is 4.80. The number of hydrogen-bond donors (Lipinski definition) is 3. The van der Waals surface area contributed by atoms with Crippen LogP contribution in [0.5, 0.6) is 11.5 Å². The highest BCUT2D eigenvalue weighted by molar-refractivity contribution is 6.27. The summed E-state index contributed by atoms with van der Waals surface area (Å²) >= 11 is 0. The van der Waals surface area contributed by atoms with Crippen LogP contribution in [0.15, 0.2) is 59.7 Å². The van der Waals surface area contributed by atoms with E-state index in [9.17, 15) is 29.0 Å². The number of halogens is 1. The van der Waals surface area contributed by atoms with Crippen LogP contribution in [0.2, 0.25) is 0 Å². The molecule has 2 aromatic carbocycles. The Morgan fingerprint density at radius 1 is 1.06 bits per heavy atom. The van der Waals surface area contributed by atoms with Crippen molar-refractivity contribution in [1.82, 2.24) is 0 Å². The number of rotatable bonds is 5. The number of Topliss-reactive ketones (excluding diaryl/α,β-unsaturated/α-hetero) is 1. The number of carbonyl (C=O) groups is 3. The van der Waals surface area contributed by atoms with Crippen molar-refractivity contribution in [3.63, 3.8) is 0 Å². The fourth-order valence-electron chi connectivity index (χ4n) is 3.11. The van der Waals surface area contributed by atoms with Gasteiger partial charge in [0.15, 0.2) is 11.6 Å². The van der Waals surface area contributed by atoms with Crippen LogP contribution in [0.4, 0.5) is 14.9 Å². The number of allylic oxidation sites excluding steroid dienone is 2. The number of ether oxygens (including phenoxy) is 1. The van der Waals surface area contributed by atoms with Gasteiger partial charge in [-0.25, -0.2) is 9.18 Å². The molecule has 1 amide bonds. The fourth-order valence-corrected chi connectivity index (χ4v) is 3.11. The van der Waals surface area contributed by atoms with Crippen molar-refractivity contribution in [3.8, 4) is 11.5 Å². The highest BCUT2D eigenvalue weighted by atomic mass is 19.1. The Kier molecular flexibility index (Phi) is 6.20. The molecule has 3 N–H and O–H groups in total. The van der Waals surface area contributed by atoms with Crippen LogP contribution in [0, 0.1) is 5.82 Å². The van der Waals surface area contributed by atoms with E-state index < -0.39 is 41.1 Å². The smallest absolute Gasteiger partial charge is 0.412 e. The molecule has 0 saturated heterocycles. The lowest BCUT2D eigenvalue weighted by atomic mass is 9.85. The van der Waals surface area contributed by atoms with Gasteiger partial charge < -0.3 is 14.9 Å². The van der Waals surface area contributed by atoms with Crippen molar-refractivity contribution in [2.75, 3.05) is 5.32 Å². The molecule has 0 heterocycles. The Balaban J connectivity index is 1.91. The zero-order valence-electron chi connectivity index (χ0n) is 16.8. The number of carbonyl (C=O) groups excluding carboxylic acids is 3. The minimum absolute atomic E-state index is 0.0962. The number of nitrogens with one attached hydrogen (secondary N) is 1. The van der Waals surface area contributed by atoms with Gasteiger partial charge in [-0.1, -0.05) is 11.6 Å². The summed E-state index contributed by atoms with van der Waals surface area (Å²) in [4.78, 5) is 38.0. The summed E-state index contributed by atoms with van der Waals surface area (Å²) in [5, 5.41) is 22.5. The lowest BCUT2D eigenvalue weighted by molar-refractivity contribution is 0.0914. The first-order chi connectivity index (χ1) is 14.7. The number of benzene rings is 2. The Morgan fingerprint density at radius 2 is 1.68 bits per heavy atom. The van der Waals surface area contributed by atoms with E-state index in [0.717, 1.165) is 35.9 Å². The topological polar surface area (TPSA) is 113 Å². The van der Waals surface area contributed by atoms with Gasteiger partial charge in [0.2, 0.25) is 0 Å². The Hall–Kier alpha value is -3.94. The van der Waals surface area contributed by atoms with Crippen molar-refractivity contribution in [2.24, 2.45) is 0 Å². The second kappa shape index (κ2) is 8.83. The molecule has 1 aliphatic rings. The summed E-state index contributed by atoms with van der Waals surface area (Å²) in [6.07, 6.45) is 0.775. The average Bonchev–Trinajstić information content (AvgIpc) is 2.71. The van der Waals surface area contributed by atoms with Gasteiger partial charge in [0, 0.05) is 17.7 Å². The number of aromatic hydroxyl groups is 2. The predicted molar refractivity (Wildman–Crippen MR) is 111 cm³/mol. The molecule has 160 valence electrons. The summed E-state index contributed by atoms with van der Waals surface area (Å²) < 4.78 is 18.5.